The summed E-state index contributed by atoms with van der Waals surface area (Å²) in [6, 6.07) is 4.43. The predicted molar refractivity (Wildman–Crippen MR) is 82.9 cm³/mol. The molecular formula is C16H18ClN3O. The molecule has 110 valence electrons. The van der Waals surface area contributed by atoms with Crippen LogP contribution in [-0.2, 0) is 6.54 Å². The molecule has 1 saturated carbocycles. The van der Waals surface area contributed by atoms with Gasteiger partial charge in [0.1, 0.15) is 5.75 Å². The first kappa shape index (κ1) is 14.3. The number of aromatic nitrogens is 2. The van der Waals surface area contributed by atoms with E-state index in [2.05, 4.69) is 15.3 Å². The Bertz CT molecular complexity index is 615. The summed E-state index contributed by atoms with van der Waals surface area (Å²) < 4.78 is 5.84. The van der Waals surface area contributed by atoms with Gasteiger partial charge in [-0.15, -0.1) is 0 Å². The van der Waals surface area contributed by atoms with Gasteiger partial charge in [0.05, 0.1) is 18.1 Å². The van der Waals surface area contributed by atoms with E-state index in [1.807, 2.05) is 26.0 Å². The third-order valence-corrected chi connectivity index (χ3v) is 3.68. The van der Waals surface area contributed by atoms with E-state index in [1.165, 1.54) is 12.8 Å². The molecule has 1 aliphatic carbocycles. The van der Waals surface area contributed by atoms with Crippen molar-refractivity contribution in [3.05, 3.63) is 46.4 Å². The number of nitrogens with zero attached hydrogens (tertiary/aromatic N) is 2. The van der Waals surface area contributed by atoms with Crippen molar-refractivity contribution in [1.29, 1.82) is 0 Å². The first-order chi connectivity index (χ1) is 10.1. The van der Waals surface area contributed by atoms with Gasteiger partial charge in [0.25, 0.3) is 0 Å². The van der Waals surface area contributed by atoms with E-state index < -0.39 is 0 Å². The van der Waals surface area contributed by atoms with Gasteiger partial charge in [-0.05, 0) is 49.9 Å². The number of halogens is 1. The van der Waals surface area contributed by atoms with Crippen LogP contribution < -0.4 is 10.1 Å². The van der Waals surface area contributed by atoms with Gasteiger partial charge in [0.15, 0.2) is 0 Å². The van der Waals surface area contributed by atoms with Crippen molar-refractivity contribution in [3.63, 3.8) is 0 Å². The van der Waals surface area contributed by atoms with Crippen LogP contribution in [0.5, 0.6) is 11.6 Å². The summed E-state index contributed by atoms with van der Waals surface area (Å²) in [5.41, 5.74) is 2.90. The summed E-state index contributed by atoms with van der Waals surface area (Å²) in [5, 5.41) is 4.12. The van der Waals surface area contributed by atoms with Gasteiger partial charge < -0.3 is 10.1 Å². The van der Waals surface area contributed by atoms with Gasteiger partial charge in [0, 0.05) is 17.6 Å². The number of aryl methyl sites for hydroxylation is 2. The average molecular weight is 304 g/mol. The lowest BCUT2D eigenvalue weighted by Gasteiger charge is -2.11. The lowest BCUT2D eigenvalue weighted by Crippen LogP contribution is -2.16. The first-order valence-electron chi connectivity index (χ1n) is 7.11. The number of ether oxygens (including phenoxy) is 1. The van der Waals surface area contributed by atoms with Crippen LogP contribution in [-0.4, -0.2) is 16.0 Å². The Morgan fingerprint density at radius 3 is 2.48 bits per heavy atom. The highest BCUT2D eigenvalue weighted by molar-refractivity contribution is 6.30. The van der Waals surface area contributed by atoms with Crippen molar-refractivity contribution in [1.82, 2.24) is 15.3 Å². The van der Waals surface area contributed by atoms with Gasteiger partial charge in [-0.2, -0.15) is 0 Å². The van der Waals surface area contributed by atoms with Crippen molar-refractivity contribution in [2.45, 2.75) is 39.3 Å². The predicted octanol–water partition coefficient (Wildman–Crippen LogP) is 3.79. The summed E-state index contributed by atoms with van der Waals surface area (Å²) in [5.74, 6) is 1.29. The molecule has 0 aliphatic heterocycles. The maximum Gasteiger partial charge on any atom is 0.237 e. The minimum absolute atomic E-state index is 0.499. The van der Waals surface area contributed by atoms with E-state index in [9.17, 15) is 0 Å². The number of benzene rings is 1. The normalized spacial score (nSPS) is 14.2. The van der Waals surface area contributed by atoms with E-state index in [-0.39, 0.29) is 0 Å². The van der Waals surface area contributed by atoms with Crippen molar-refractivity contribution in [2.24, 2.45) is 0 Å². The fourth-order valence-electron chi connectivity index (χ4n) is 2.19. The van der Waals surface area contributed by atoms with E-state index in [4.69, 9.17) is 16.3 Å². The molecule has 1 heterocycles. The molecule has 1 aliphatic rings. The molecule has 0 atom stereocenters. The fourth-order valence-corrected chi connectivity index (χ4v) is 2.51. The lowest BCUT2D eigenvalue weighted by atomic mass is 10.1. The van der Waals surface area contributed by atoms with Crippen LogP contribution in [0.15, 0.2) is 24.5 Å². The standard InChI is InChI=1S/C16H18ClN3O/c1-10-5-12(17)6-11(2)16(10)21-15-9-19-14(8-20-15)7-18-13-3-4-13/h5-6,8-9,13,18H,3-4,7H2,1-2H3. The molecule has 0 spiro atoms. The molecule has 21 heavy (non-hydrogen) atoms. The van der Waals surface area contributed by atoms with E-state index in [0.29, 0.717) is 16.9 Å². The van der Waals surface area contributed by atoms with Gasteiger partial charge in [-0.25, -0.2) is 4.98 Å². The third kappa shape index (κ3) is 3.71. The maximum atomic E-state index is 6.02. The highest BCUT2D eigenvalue weighted by Crippen LogP contribution is 2.30. The molecule has 0 radical (unpaired) electrons. The van der Waals surface area contributed by atoms with Crippen LogP contribution in [0.25, 0.3) is 0 Å². The van der Waals surface area contributed by atoms with Crippen LogP contribution in [0.2, 0.25) is 5.02 Å². The quantitative estimate of drug-likeness (QED) is 0.913. The molecule has 0 unspecified atom stereocenters. The second kappa shape index (κ2) is 6.00. The number of rotatable bonds is 5. The number of hydrogen-bond acceptors (Lipinski definition) is 4. The maximum absolute atomic E-state index is 6.02. The van der Waals surface area contributed by atoms with Gasteiger partial charge in [0.2, 0.25) is 5.88 Å². The molecule has 3 rings (SSSR count). The van der Waals surface area contributed by atoms with Gasteiger partial charge in [-0.3, -0.25) is 4.98 Å². The van der Waals surface area contributed by atoms with Crippen LogP contribution in [0.3, 0.4) is 0 Å². The Hall–Kier alpha value is -1.65. The Labute approximate surface area is 129 Å². The third-order valence-electron chi connectivity index (χ3n) is 3.46. The molecule has 0 amide bonds. The Balaban J connectivity index is 1.69. The van der Waals surface area contributed by atoms with Crippen molar-refractivity contribution >= 4 is 11.6 Å². The molecule has 0 saturated heterocycles. The Morgan fingerprint density at radius 2 is 1.90 bits per heavy atom. The van der Waals surface area contributed by atoms with Gasteiger partial charge >= 0.3 is 0 Å². The minimum atomic E-state index is 0.499. The topological polar surface area (TPSA) is 47.0 Å². The van der Waals surface area contributed by atoms with Gasteiger partial charge in [-0.1, -0.05) is 11.6 Å². The largest absolute Gasteiger partial charge is 0.437 e. The van der Waals surface area contributed by atoms with E-state index in [1.54, 1.807) is 12.4 Å². The minimum Gasteiger partial charge on any atom is -0.437 e. The highest BCUT2D eigenvalue weighted by Gasteiger charge is 2.20. The van der Waals surface area contributed by atoms with E-state index >= 15 is 0 Å². The zero-order valence-corrected chi connectivity index (χ0v) is 12.9. The van der Waals surface area contributed by atoms with Crippen LogP contribution in [0.1, 0.15) is 29.7 Å². The summed E-state index contributed by atoms with van der Waals surface area (Å²) >= 11 is 6.02. The molecule has 1 N–H and O–H groups in total. The molecule has 1 fully saturated rings. The molecule has 0 bridgehead atoms. The summed E-state index contributed by atoms with van der Waals surface area (Å²) in [7, 11) is 0. The summed E-state index contributed by atoms with van der Waals surface area (Å²) in [6.45, 7) is 4.70. The summed E-state index contributed by atoms with van der Waals surface area (Å²) in [4.78, 5) is 8.69. The van der Waals surface area contributed by atoms with Crippen LogP contribution in [0.4, 0.5) is 0 Å². The van der Waals surface area contributed by atoms with Crippen LogP contribution >= 0.6 is 11.6 Å². The second-order valence-corrected chi connectivity index (χ2v) is 5.91. The highest BCUT2D eigenvalue weighted by atomic mass is 35.5. The van der Waals surface area contributed by atoms with Crippen LogP contribution in [0, 0.1) is 13.8 Å². The zero-order chi connectivity index (χ0) is 14.8. The number of hydrogen-bond donors (Lipinski definition) is 1. The Morgan fingerprint density at radius 1 is 1.19 bits per heavy atom. The van der Waals surface area contributed by atoms with Crippen molar-refractivity contribution in [2.75, 3.05) is 0 Å². The average Bonchev–Trinajstić information content (AvgIpc) is 3.26. The summed E-state index contributed by atoms with van der Waals surface area (Å²) in [6.07, 6.45) is 5.95. The fraction of sp³-hybridized carbons (Fsp3) is 0.375. The Kier molecular flexibility index (Phi) is 4.08. The molecule has 1 aromatic heterocycles. The smallest absolute Gasteiger partial charge is 0.237 e. The first-order valence-corrected chi connectivity index (χ1v) is 7.48. The molecule has 1 aromatic carbocycles. The molecule has 2 aromatic rings. The van der Waals surface area contributed by atoms with Crippen molar-refractivity contribution in [3.8, 4) is 11.6 Å². The van der Waals surface area contributed by atoms with Crippen molar-refractivity contribution < 1.29 is 4.74 Å². The molecule has 4 nitrogen and oxygen atoms in total. The second-order valence-electron chi connectivity index (χ2n) is 5.47. The van der Waals surface area contributed by atoms with E-state index in [0.717, 1.165) is 29.1 Å². The SMILES string of the molecule is Cc1cc(Cl)cc(C)c1Oc1cnc(CNC2CC2)cn1. The number of nitrogens with one attached hydrogen (secondary N) is 1. The molecule has 5 heteroatoms. The zero-order valence-electron chi connectivity index (χ0n) is 12.2. The lowest BCUT2D eigenvalue weighted by molar-refractivity contribution is 0.452. The molecular weight excluding hydrogens is 286 g/mol. The monoisotopic (exact) mass is 303 g/mol.